The molecule has 2 aliphatic heterocycles. The maximum Gasteiger partial charge on any atom is 0.336 e. The predicted molar refractivity (Wildman–Crippen MR) is 138 cm³/mol. The molecule has 2 aliphatic rings. The Hall–Kier alpha value is -3.16. The number of carboxylic acids is 1. The third-order valence-electron chi connectivity index (χ3n) is 6.52. The van der Waals surface area contributed by atoms with Crippen molar-refractivity contribution in [3.05, 3.63) is 70.3 Å². The molecule has 8 heteroatoms. The van der Waals surface area contributed by atoms with Crippen LogP contribution >= 0.6 is 11.6 Å². The van der Waals surface area contributed by atoms with Gasteiger partial charge in [0.1, 0.15) is 17.0 Å². The Bertz CT molecular complexity index is 1190. The zero-order valence-electron chi connectivity index (χ0n) is 20.5. The van der Waals surface area contributed by atoms with Gasteiger partial charge in [-0.05, 0) is 74.2 Å². The fourth-order valence-corrected chi connectivity index (χ4v) is 5.04. The number of ketones is 1. The van der Waals surface area contributed by atoms with Gasteiger partial charge in [-0.1, -0.05) is 23.7 Å². The first kappa shape index (κ1) is 25.9. The van der Waals surface area contributed by atoms with Gasteiger partial charge in [-0.15, -0.1) is 0 Å². The molecule has 4 rings (SSSR count). The molecular formula is C28H30ClNO6. The summed E-state index contributed by atoms with van der Waals surface area (Å²) in [6.45, 7) is 5.12. The van der Waals surface area contributed by atoms with E-state index in [0.717, 1.165) is 11.1 Å². The lowest BCUT2D eigenvalue weighted by Crippen LogP contribution is -2.40. The zero-order chi connectivity index (χ0) is 25.8. The van der Waals surface area contributed by atoms with Crippen LogP contribution in [0.25, 0.3) is 0 Å². The lowest BCUT2D eigenvalue weighted by Gasteiger charge is -2.26. The molecule has 0 aromatic heterocycles. The smallest absolute Gasteiger partial charge is 0.336 e. The van der Waals surface area contributed by atoms with Gasteiger partial charge in [-0.3, -0.25) is 9.79 Å². The van der Waals surface area contributed by atoms with Crippen LogP contribution in [0.2, 0.25) is 5.02 Å². The van der Waals surface area contributed by atoms with Crippen molar-refractivity contribution in [1.82, 2.24) is 0 Å². The molecule has 0 spiro atoms. The van der Waals surface area contributed by atoms with E-state index in [1.165, 1.54) is 0 Å². The molecule has 1 fully saturated rings. The van der Waals surface area contributed by atoms with Crippen LogP contribution in [0.15, 0.2) is 53.5 Å². The molecule has 2 aromatic carbocycles. The van der Waals surface area contributed by atoms with Crippen LogP contribution in [-0.4, -0.2) is 54.0 Å². The van der Waals surface area contributed by atoms with Gasteiger partial charge in [0.15, 0.2) is 11.4 Å². The first-order chi connectivity index (χ1) is 17.3. The van der Waals surface area contributed by atoms with Gasteiger partial charge in [0.05, 0.1) is 18.2 Å². The molecule has 2 atom stereocenters. The average Bonchev–Trinajstić information content (AvgIpc) is 3.52. The van der Waals surface area contributed by atoms with Crippen molar-refractivity contribution in [2.45, 2.75) is 50.7 Å². The number of nitrogens with zero attached hydrogens (tertiary/aromatic N) is 1. The van der Waals surface area contributed by atoms with Gasteiger partial charge in [0.25, 0.3) is 0 Å². The molecule has 1 N–H and O–H groups in total. The summed E-state index contributed by atoms with van der Waals surface area (Å²) >= 11 is 6.48. The summed E-state index contributed by atoms with van der Waals surface area (Å²) in [5.74, 6) is 0.00917. The Kier molecular flexibility index (Phi) is 7.81. The van der Waals surface area contributed by atoms with Crippen LogP contribution < -0.4 is 9.47 Å². The number of benzene rings is 2. The highest BCUT2D eigenvalue weighted by atomic mass is 35.5. The Morgan fingerprint density at radius 2 is 1.92 bits per heavy atom. The summed E-state index contributed by atoms with van der Waals surface area (Å²) in [7, 11) is 0. The second kappa shape index (κ2) is 10.8. The standard InChI is InChI=1S/C28H30ClNO6/c1-3-34-21-8-9-22(23(29)16-21)25(31)27(11-5-13-30-27)18-20-15-19(7-10-24(20)35-4-2)17-28(26(32)33)12-6-14-36-28/h5,7-11,13,15-16H,3-4,6,12,14,17-18H2,1-2H3,(H,32,33). The van der Waals surface area contributed by atoms with Crippen LogP contribution in [0, 0.1) is 0 Å². The first-order valence-corrected chi connectivity index (χ1v) is 12.5. The maximum absolute atomic E-state index is 13.8. The van der Waals surface area contributed by atoms with Gasteiger partial charge >= 0.3 is 5.97 Å². The fraction of sp³-hybridized carbons (Fsp3) is 0.393. The molecule has 0 radical (unpaired) electrons. The Morgan fingerprint density at radius 3 is 2.53 bits per heavy atom. The minimum absolute atomic E-state index is 0.229. The molecule has 2 aromatic rings. The molecule has 190 valence electrons. The topological polar surface area (TPSA) is 94.4 Å². The number of Topliss-reactive ketones (excluding diaryl/α,β-unsaturated/α-hetero) is 1. The zero-order valence-corrected chi connectivity index (χ0v) is 21.2. The summed E-state index contributed by atoms with van der Waals surface area (Å²) in [5.41, 5.74) is -0.533. The van der Waals surface area contributed by atoms with Gasteiger partial charge in [0.2, 0.25) is 0 Å². The van der Waals surface area contributed by atoms with E-state index < -0.39 is 17.1 Å². The van der Waals surface area contributed by atoms with Crippen LogP contribution in [0.4, 0.5) is 0 Å². The summed E-state index contributed by atoms with van der Waals surface area (Å²) in [5, 5.41) is 10.1. The second-order valence-electron chi connectivity index (χ2n) is 8.95. The molecule has 0 saturated carbocycles. The average molecular weight is 512 g/mol. The van der Waals surface area contributed by atoms with Crippen molar-refractivity contribution < 1.29 is 28.9 Å². The van der Waals surface area contributed by atoms with Gasteiger partial charge < -0.3 is 19.3 Å². The van der Waals surface area contributed by atoms with E-state index in [1.54, 1.807) is 36.6 Å². The molecule has 2 unspecified atom stereocenters. The second-order valence-corrected chi connectivity index (χ2v) is 9.35. The summed E-state index contributed by atoms with van der Waals surface area (Å²) in [4.78, 5) is 30.4. The highest BCUT2D eigenvalue weighted by molar-refractivity contribution is 6.34. The highest BCUT2D eigenvalue weighted by Gasteiger charge is 2.43. The van der Waals surface area contributed by atoms with E-state index in [9.17, 15) is 14.7 Å². The Morgan fingerprint density at radius 1 is 1.11 bits per heavy atom. The van der Waals surface area contributed by atoms with E-state index >= 15 is 0 Å². The van der Waals surface area contributed by atoms with Crippen LogP contribution in [0.5, 0.6) is 11.5 Å². The number of hydrogen-bond donors (Lipinski definition) is 1. The number of aliphatic carboxylic acids is 1. The van der Waals surface area contributed by atoms with Crippen molar-refractivity contribution in [2.24, 2.45) is 4.99 Å². The highest BCUT2D eigenvalue weighted by Crippen LogP contribution is 2.36. The Balaban J connectivity index is 1.68. The molecule has 0 bridgehead atoms. The summed E-state index contributed by atoms with van der Waals surface area (Å²) in [6.07, 6.45) is 6.74. The van der Waals surface area contributed by atoms with Gasteiger partial charge in [0, 0.05) is 31.2 Å². The number of carbonyl (C=O) groups excluding carboxylic acids is 1. The number of carboxylic acid groups (broad SMARTS) is 1. The molecule has 0 aliphatic carbocycles. The Labute approximate surface area is 215 Å². The van der Waals surface area contributed by atoms with E-state index in [-0.39, 0.29) is 18.6 Å². The predicted octanol–water partition coefficient (Wildman–Crippen LogP) is 5.12. The molecule has 0 amide bonds. The van der Waals surface area contributed by atoms with E-state index in [2.05, 4.69) is 4.99 Å². The van der Waals surface area contributed by atoms with Gasteiger partial charge in [-0.25, -0.2) is 4.79 Å². The molecular weight excluding hydrogens is 482 g/mol. The number of aliphatic imine (C=N–C) groups is 1. The van der Waals surface area contributed by atoms with Crippen molar-refractivity contribution in [3.63, 3.8) is 0 Å². The van der Waals surface area contributed by atoms with Crippen LogP contribution in [0.3, 0.4) is 0 Å². The largest absolute Gasteiger partial charge is 0.494 e. The van der Waals surface area contributed by atoms with Crippen molar-refractivity contribution in [3.8, 4) is 11.5 Å². The number of carbonyl (C=O) groups is 2. The molecule has 2 heterocycles. The van der Waals surface area contributed by atoms with E-state index in [4.69, 9.17) is 25.8 Å². The third kappa shape index (κ3) is 5.18. The number of hydrogen-bond acceptors (Lipinski definition) is 6. The van der Waals surface area contributed by atoms with E-state index in [1.807, 2.05) is 32.0 Å². The quantitative estimate of drug-likeness (QED) is 0.421. The number of allylic oxidation sites excluding steroid dienone is 1. The lowest BCUT2D eigenvalue weighted by atomic mass is 9.83. The number of rotatable bonds is 11. The van der Waals surface area contributed by atoms with Crippen LogP contribution in [0.1, 0.15) is 48.2 Å². The number of halogens is 1. The van der Waals surface area contributed by atoms with Crippen molar-refractivity contribution >= 4 is 29.6 Å². The molecule has 36 heavy (non-hydrogen) atoms. The van der Waals surface area contributed by atoms with Crippen molar-refractivity contribution in [2.75, 3.05) is 19.8 Å². The van der Waals surface area contributed by atoms with Crippen molar-refractivity contribution in [1.29, 1.82) is 0 Å². The van der Waals surface area contributed by atoms with Gasteiger partial charge in [-0.2, -0.15) is 0 Å². The molecule has 7 nitrogen and oxygen atoms in total. The lowest BCUT2D eigenvalue weighted by molar-refractivity contribution is -0.159. The monoisotopic (exact) mass is 511 g/mol. The van der Waals surface area contributed by atoms with Crippen LogP contribution in [-0.2, 0) is 22.4 Å². The third-order valence-corrected chi connectivity index (χ3v) is 6.83. The minimum Gasteiger partial charge on any atom is -0.494 e. The molecule has 1 saturated heterocycles. The first-order valence-electron chi connectivity index (χ1n) is 12.1. The van der Waals surface area contributed by atoms with E-state index in [0.29, 0.717) is 54.7 Å². The summed E-state index contributed by atoms with van der Waals surface area (Å²) in [6, 6.07) is 10.6. The minimum atomic E-state index is -1.24. The fourth-order valence-electron chi connectivity index (χ4n) is 4.79. The number of ether oxygens (including phenoxy) is 3. The SMILES string of the molecule is CCOc1ccc(C(=O)C2(Cc3cc(CC4(C(=O)O)CCCO4)ccc3OCC)C=CC=N2)c(Cl)c1. The normalized spacial score (nSPS) is 22.6. The summed E-state index contributed by atoms with van der Waals surface area (Å²) < 4.78 is 17.0. The maximum atomic E-state index is 13.8.